The van der Waals surface area contributed by atoms with Crippen LogP contribution in [0, 0.1) is 13.8 Å². The molecule has 8 heteroatoms. The molecular weight excluding hydrogens is 480 g/mol. The first-order valence-electron chi connectivity index (χ1n) is 13.1. The number of nitrogens with one attached hydrogen (secondary N) is 1. The second kappa shape index (κ2) is 11.2. The average Bonchev–Trinajstić information content (AvgIpc) is 3.61. The van der Waals surface area contributed by atoms with Crippen LogP contribution in [-0.4, -0.2) is 54.3 Å². The van der Waals surface area contributed by atoms with Gasteiger partial charge in [0, 0.05) is 31.1 Å². The van der Waals surface area contributed by atoms with E-state index < -0.39 is 5.41 Å². The van der Waals surface area contributed by atoms with E-state index in [9.17, 15) is 4.79 Å². The van der Waals surface area contributed by atoms with Gasteiger partial charge in [0.15, 0.2) is 17.3 Å². The molecule has 1 fully saturated rings. The van der Waals surface area contributed by atoms with Crippen LogP contribution in [-0.2, 0) is 10.2 Å². The molecule has 198 valence electrons. The highest BCUT2D eigenvalue weighted by Gasteiger charge is 2.42. The molecule has 2 heterocycles. The Bertz CT molecular complexity index is 1330. The normalized spacial score (nSPS) is 21.0. The van der Waals surface area contributed by atoms with Crippen molar-refractivity contribution in [3.63, 3.8) is 0 Å². The monoisotopic (exact) mass is 514 g/mol. The van der Waals surface area contributed by atoms with Gasteiger partial charge in [-0.25, -0.2) is 0 Å². The van der Waals surface area contributed by atoms with E-state index in [1.165, 1.54) is 24.0 Å². The number of nitrogens with zero attached hydrogens (tertiary/aromatic N) is 3. The van der Waals surface area contributed by atoms with Gasteiger partial charge in [-0.05, 0) is 56.1 Å². The molecule has 38 heavy (non-hydrogen) atoms. The molecule has 1 N–H and O–H groups in total. The van der Waals surface area contributed by atoms with Crippen molar-refractivity contribution in [2.75, 3.05) is 38.7 Å². The van der Waals surface area contributed by atoms with Crippen LogP contribution >= 0.6 is 0 Å². The summed E-state index contributed by atoms with van der Waals surface area (Å²) in [5.41, 5.74) is 1.75. The molecule has 0 unspecified atom stereocenters. The Morgan fingerprint density at radius 1 is 1.11 bits per heavy atom. The number of hydrogen-bond acceptors (Lipinski definition) is 7. The van der Waals surface area contributed by atoms with E-state index >= 15 is 0 Å². The topological polar surface area (TPSA) is 89.7 Å². The maximum atomic E-state index is 13.8. The summed E-state index contributed by atoms with van der Waals surface area (Å²) < 4.78 is 16.8. The summed E-state index contributed by atoms with van der Waals surface area (Å²) in [7, 11) is 1.61. The van der Waals surface area contributed by atoms with E-state index in [4.69, 9.17) is 14.0 Å². The van der Waals surface area contributed by atoms with Crippen molar-refractivity contribution in [3.05, 3.63) is 89.6 Å². The molecule has 1 aromatic heterocycles. The van der Waals surface area contributed by atoms with Gasteiger partial charge in [-0.2, -0.15) is 4.98 Å². The SMILES string of the molecule is COc1ccc(NC(=O)C2(c3noc(C)n3)C=CC(c3ccccc3C)C=C2)cc1OCCN1CCCC1. The smallest absolute Gasteiger partial charge is 0.246 e. The molecule has 1 aliphatic heterocycles. The van der Waals surface area contributed by atoms with Crippen LogP contribution in [0.1, 0.15) is 41.6 Å². The van der Waals surface area contributed by atoms with Crippen molar-refractivity contribution >= 4 is 11.6 Å². The third kappa shape index (κ3) is 5.36. The predicted molar refractivity (Wildman–Crippen MR) is 146 cm³/mol. The third-order valence-electron chi connectivity index (χ3n) is 7.24. The van der Waals surface area contributed by atoms with Crippen molar-refractivity contribution in [2.45, 2.75) is 38.0 Å². The minimum Gasteiger partial charge on any atom is -0.493 e. The number of carbonyl (C=O) groups is 1. The highest BCUT2D eigenvalue weighted by molar-refractivity contribution is 6.02. The zero-order chi connectivity index (χ0) is 26.5. The summed E-state index contributed by atoms with van der Waals surface area (Å²) in [6.07, 6.45) is 10.2. The van der Waals surface area contributed by atoms with Gasteiger partial charge in [-0.1, -0.05) is 53.7 Å². The number of aryl methyl sites for hydroxylation is 2. The standard InChI is InChI=1S/C30H34N4O4/c1-21-8-4-5-9-25(21)23-12-14-30(15-13-23,28-31-22(2)38-33-28)29(35)32-24-10-11-26(36-3)27(20-24)37-19-18-34-16-6-7-17-34/h4-5,8-15,20,23H,6-7,16-19H2,1-3H3,(H,32,35). The summed E-state index contributed by atoms with van der Waals surface area (Å²) in [6, 6.07) is 13.6. The zero-order valence-electron chi connectivity index (χ0n) is 22.1. The molecule has 2 aliphatic rings. The molecule has 5 rings (SSSR count). The quantitative estimate of drug-likeness (QED) is 0.404. The number of ether oxygens (including phenoxy) is 2. The van der Waals surface area contributed by atoms with E-state index in [1.54, 1.807) is 32.2 Å². The largest absolute Gasteiger partial charge is 0.493 e. The second-order valence-corrected chi connectivity index (χ2v) is 9.82. The van der Waals surface area contributed by atoms with E-state index in [-0.39, 0.29) is 11.8 Å². The van der Waals surface area contributed by atoms with Crippen LogP contribution < -0.4 is 14.8 Å². The summed E-state index contributed by atoms with van der Waals surface area (Å²) in [5.74, 6) is 1.64. The molecule has 1 saturated heterocycles. The van der Waals surface area contributed by atoms with Gasteiger partial charge in [0.1, 0.15) is 12.0 Å². The molecule has 0 atom stereocenters. The summed E-state index contributed by atoms with van der Waals surface area (Å²) in [6.45, 7) is 7.43. The van der Waals surface area contributed by atoms with Gasteiger partial charge in [0.05, 0.1) is 7.11 Å². The van der Waals surface area contributed by atoms with Gasteiger partial charge in [0.2, 0.25) is 11.8 Å². The Labute approximate surface area is 223 Å². The lowest BCUT2D eigenvalue weighted by Crippen LogP contribution is -2.39. The van der Waals surface area contributed by atoms with Crippen LogP contribution in [0.2, 0.25) is 0 Å². The average molecular weight is 515 g/mol. The molecule has 0 saturated carbocycles. The Balaban J connectivity index is 1.37. The fraction of sp³-hybridized carbons (Fsp3) is 0.367. The number of carbonyl (C=O) groups excluding carboxylic acids is 1. The van der Waals surface area contributed by atoms with Crippen LogP contribution in [0.4, 0.5) is 5.69 Å². The van der Waals surface area contributed by atoms with Gasteiger partial charge in [0.25, 0.3) is 0 Å². The first-order chi connectivity index (χ1) is 18.5. The lowest BCUT2D eigenvalue weighted by molar-refractivity contribution is -0.118. The second-order valence-electron chi connectivity index (χ2n) is 9.82. The third-order valence-corrected chi connectivity index (χ3v) is 7.24. The maximum Gasteiger partial charge on any atom is 0.246 e. The molecule has 1 amide bonds. The van der Waals surface area contributed by atoms with Crippen LogP contribution in [0.15, 0.2) is 71.3 Å². The van der Waals surface area contributed by atoms with Crippen molar-refractivity contribution < 1.29 is 18.8 Å². The lowest BCUT2D eigenvalue weighted by atomic mass is 9.77. The number of rotatable bonds is 9. The minimum atomic E-state index is -1.21. The van der Waals surface area contributed by atoms with Gasteiger partial charge in [-0.3, -0.25) is 9.69 Å². The minimum absolute atomic E-state index is 0.0433. The molecule has 2 aromatic carbocycles. The lowest BCUT2D eigenvalue weighted by Gasteiger charge is -2.27. The molecular formula is C30H34N4O4. The summed E-state index contributed by atoms with van der Waals surface area (Å²) in [5, 5.41) is 7.15. The summed E-state index contributed by atoms with van der Waals surface area (Å²) >= 11 is 0. The van der Waals surface area contributed by atoms with Gasteiger partial charge < -0.3 is 19.3 Å². The first kappa shape index (κ1) is 25.7. The van der Waals surface area contributed by atoms with Crippen molar-refractivity contribution in [1.29, 1.82) is 0 Å². The molecule has 0 radical (unpaired) electrons. The number of benzene rings is 2. The number of likely N-dealkylation sites (tertiary alicyclic amines) is 1. The number of allylic oxidation sites excluding steroid dienone is 2. The van der Waals surface area contributed by atoms with Crippen molar-refractivity contribution in [1.82, 2.24) is 15.0 Å². The van der Waals surface area contributed by atoms with E-state index in [0.717, 1.165) is 19.6 Å². The highest BCUT2D eigenvalue weighted by atomic mass is 16.5. The van der Waals surface area contributed by atoms with E-state index in [2.05, 4.69) is 39.4 Å². The zero-order valence-corrected chi connectivity index (χ0v) is 22.1. The van der Waals surface area contributed by atoms with E-state index in [0.29, 0.717) is 35.5 Å². The summed E-state index contributed by atoms with van der Waals surface area (Å²) in [4.78, 5) is 20.7. The number of aromatic nitrogens is 2. The highest BCUT2D eigenvalue weighted by Crippen LogP contribution is 2.37. The van der Waals surface area contributed by atoms with Crippen LogP contribution in [0.25, 0.3) is 0 Å². The number of anilines is 1. The van der Waals surface area contributed by atoms with Crippen molar-refractivity contribution in [3.8, 4) is 11.5 Å². The van der Waals surface area contributed by atoms with Gasteiger partial charge >= 0.3 is 0 Å². The van der Waals surface area contributed by atoms with Crippen molar-refractivity contribution in [2.24, 2.45) is 0 Å². The molecule has 3 aromatic rings. The maximum absolute atomic E-state index is 13.8. The van der Waals surface area contributed by atoms with Crippen LogP contribution in [0.5, 0.6) is 11.5 Å². The van der Waals surface area contributed by atoms with Crippen LogP contribution in [0.3, 0.4) is 0 Å². The van der Waals surface area contributed by atoms with E-state index in [1.807, 2.05) is 36.4 Å². The Kier molecular flexibility index (Phi) is 7.60. The first-order valence-corrected chi connectivity index (χ1v) is 13.1. The molecule has 0 spiro atoms. The molecule has 8 nitrogen and oxygen atoms in total. The predicted octanol–water partition coefficient (Wildman–Crippen LogP) is 4.96. The number of amides is 1. The molecule has 1 aliphatic carbocycles. The number of hydrogen-bond donors (Lipinski definition) is 1. The Morgan fingerprint density at radius 2 is 1.87 bits per heavy atom. The fourth-order valence-corrected chi connectivity index (χ4v) is 5.06. The van der Waals surface area contributed by atoms with Gasteiger partial charge in [-0.15, -0.1) is 0 Å². The fourth-order valence-electron chi connectivity index (χ4n) is 5.06. The number of methoxy groups -OCH3 is 1. The Morgan fingerprint density at radius 3 is 2.55 bits per heavy atom. The Hall–Kier alpha value is -3.91. The molecule has 0 bridgehead atoms.